The molecule has 8 nitrogen and oxygen atoms in total. The predicted octanol–water partition coefficient (Wildman–Crippen LogP) is 4.71. The van der Waals surface area contributed by atoms with Crippen LogP contribution in [0.2, 0.25) is 0 Å². The Morgan fingerprint density at radius 3 is 2.60 bits per heavy atom. The maximum absolute atomic E-state index is 12.9. The minimum atomic E-state index is -1.03. The molecule has 2 aromatic carbocycles. The molecular weight excluding hydrogens is 464 g/mol. The second kappa shape index (κ2) is 9.34. The SMILES string of the molecule is Cc1nn(-c2ccccc2)c2sc(C(=O)OC(C)C(=O)Nc3ccccc3N3CCCC3=O)cc12. The van der Waals surface area contributed by atoms with Gasteiger partial charge >= 0.3 is 5.97 Å². The van der Waals surface area contributed by atoms with E-state index in [4.69, 9.17) is 4.74 Å². The van der Waals surface area contributed by atoms with Gasteiger partial charge in [0.05, 0.1) is 22.8 Å². The summed E-state index contributed by atoms with van der Waals surface area (Å²) in [5, 5.41) is 8.26. The van der Waals surface area contributed by atoms with Crippen LogP contribution in [0.5, 0.6) is 0 Å². The van der Waals surface area contributed by atoms with Gasteiger partial charge in [0.15, 0.2) is 6.10 Å². The average Bonchev–Trinajstić information content (AvgIpc) is 3.56. The molecule has 1 atom stereocenters. The zero-order valence-corrected chi connectivity index (χ0v) is 20.2. The highest BCUT2D eigenvalue weighted by molar-refractivity contribution is 7.20. The van der Waals surface area contributed by atoms with Gasteiger partial charge in [0.25, 0.3) is 5.91 Å². The van der Waals surface area contributed by atoms with Crippen molar-refractivity contribution < 1.29 is 19.1 Å². The quantitative estimate of drug-likeness (QED) is 0.397. The highest BCUT2D eigenvalue weighted by atomic mass is 32.1. The minimum Gasteiger partial charge on any atom is -0.448 e. The van der Waals surface area contributed by atoms with E-state index in [1.54, 1.807) is 33.8 Å². The number of fused-ring (bicyclic) bond motifs is 1. The predicted molar refractivity (Wildman–Crippen MR) is 135 cm³/mol. The number of esters is 1. The summed E-state index contributed by atoms with van der Waals surface area (Å²) in [4.78, 5) is 40.8. The maximum atomic E-state index is 12.9. The summed E-state index contributed by atoms with van der Waals surface area (Å²) in [6, 6.07) is 18.6. The van der Waals surface area contributed by atoms with E-state index in [1.807, 2.05) is 43.3 Å². The number of aromatic nitrogens is 2. The smallest absolute Gasteiger partial charge is 0.349 e. The van der Waals surface area contributed by atoms with E-state index in [0.717, 1.165) is 28.0 Å². The molecule has 9 heteroatoms. The first-order valence-electron chi connectivity index (χ1n) is 11.4. The third kappa shape index (κ3) is 4.42. The van der Waals surface area contributed by atoms with Crippen molar-refractivity contribution in [3.8, 4) is 5.69 Å². The summed E-state index contributed by atoms with van der Waals surface area (Å²) in [6.45, 7) is 4.03. The molecule has 4 aromatic rings. The highest BCUT2D eigenvalue weighted by Crippen LogP contribution is 2.32. The molecule has 1 aliphatic heterocycles. The summed E-state index contributed by atoms with van der Waals surface area (Å²) < 4.78 is 7.29. The fourth-order valence-electron chi connectivity index (χ4n) is 4.12. The Morgan fingerprint density at radius 2 is 1.86 bits per heavy atom. The molecule has 3 heterocycles. The third-order valence-corrected chi connectivity index (χ3v) is 7.02. The molecule has 1 N–H and O–H groups in total. The van der Waals surface area contributed by atoms with Gasteiger partial charge in [0.2, 0.25) is 5.91 Å². The first-order valence-corrected chi connectivity index (χ1v) is 12.2. The van der Waals surface area contributed by atoms with Crippen molar-refractivity contribution in [2.75, 3.05) is 16.8 Å². The van der Waals surface area contributed by atoms with E-state index in [-0.39, 0.29) is 5.91 Å². The van der Waals surface area contributed by atoms with Crippen LogP contribution in [0.15, 0.2) is 60.7 Å². The van der Waals surface area contributed by atoms with E-state index in [2.05, 4.69) is 10.4 Å². The lowest BCUT2D eigenvalue weighted by molar-refractivity contribution is -0.123. The Bertz CT molecular complexity index is 1430. The minimum absolute atomic E-state index is 0.0281. The Balaban J connectivity index is 1.31. The van der Waals surface area contributed by atoms with Crippen LogP contribution in [-0.4, -0.2) is 40.2 Å². The molecule has 2 amide bonds. The first kappa shape index (κ1) is 22.8. The highest BCUT2D eigenvalue weighted by Gasteiger charge is 2.26. The number of hydrogen-bond donors (Lipinski definition) is 1. The van der Waals surface area contributed by atoms with Crippen LogP contribution in [0.1, 0.15) is 35.1 Å². The maximum Gasteiger partial charge on any atom is 0.349 e. The van der Waals surface area contributed by atoms with Gasteiger partial charge in [-0.15, -0.1) is 11.3 Å². The summed E-state index contributed by atoms with van der Waals surface area (Å²) >= 11 is 1.27. The number of hydrogen-bond acceptors (Lipinski definition) is 6. The largest absolute Gasteiger partial charge is 0.448 e. The van der Waals surface area contributed by atoms with Gasteiger partial charge in [0.1, 0.15) is 9.71 Å². The number of carbonyl (C=O) groups is 3. The van der Waals surface area contributed by atoms with Crippen LogP contribution in [0.4, 0.5) is 11.4 Å². The van der Waals surface area contributed by atoms with Gasteiger partial charge in [-0.25, -0.2) is 9.48 Å². The molecule has 1 fully saturated rings. The van der Waals surface area contributed by atoms with Crippen molar-refractivity contribution in [1.82, 2.24) is 9.78 Å². The molecule has 0 aliphatic carbocycles. The molecule has 0 radical (unpaired) electrons. The van der Waals surface area contributed by atoms with Gasteiger partial charge in [-0.1, -0.05) is 30.3 Å². The number of anilines is 2. The molecule has 178 valence electrons. The average molecular weight is 489 g/mol. The Kier molecular flexibility index (Phi) is 6.08. The Hall–Kier alpha value is -3.98. The van der Waals surface area contributed by atoms with E-state index in [1.165, 1.54) is 18.3 Å². The van der Waals surface area contributed by atoms with E-state index >= 15 is 0 Å². The second-order valence-electron chi connectivity index (χ2n) is 8.37. The van der Waals surface area contributed by atoms with Gasteiger partial charge in [-0.3, -0.25) is 9.59 Å². The lowest BCUT2D eigenvalue weighted by Gasteiger charge is -2.21. The lowest BCUT2D eigenvalue weighted by Crippen LogP contribution is -2.31. The van der Waals surface area contributed by atoms with Crippen LogP contribution >= 0.6 is 11.3 Å². The number of ether oxygens (including phenoxy) is 1. The van der Waals surface area contributed by atoms with E-state index in [9.17, 15) is 14.4 Å². The fourth-order valence-corrected chi connectivity index (χ4v) is 5.18. The molecule has 1 aliphatic rings. The molecule has 0 saturated carbocycles. The summed E-state index contributed by atoms with van der Waals surface area (Å²) in [5.74, 6) is -1.01. The monoisotopic (exact) mass is 488 g/mol. The molecule has 35 heavy (non-hydrogen) atoms. The molecule has 0 spiro atoms. The fraction of sp³-hybridized carbons (Fsp3) is 0.231. The second-order valence-corrected chi connectivity index (χ2v) is 9.40. The van der Waals surface area contributed by atoms with Crippen molar-refractivity contribution in [2.45, 2.75) is 32.8 Å². The molecule has 2 aromatic heterocycles. The number of rotatable bonds is 6. The molecule has 1 unspecified atom stereocenters. The zero-order valence-electron chi connectivity index (χ0n) is 19.4. The van der Waals surface area contributed by atoms with Crippen LogP contribution in [-0.2, 0) is 14.3 Å². The van der Waals surface area contributed by atoms with Gasteiger partial charge in [-0.05, 0) is 50.6 Å². The number of nitrogens with one attached hydrogen (secondary N) is 1. The number of benzene rings is 2. The van der Waals surface area contributed by atoms with Crippen molar-refractivity contribution in [1.29, 1.82) is 0 Å². The van der Waals surface area contributed by atoms with E-state index < -0.39 is 18.0 Å². The van der Waals surface area contributed by atoms with Crippen LogP contribution in [0.25, 0.3) is 15.9 Å². The van der Waals surface area contributed by atoms with Crippen LogP contribution < -0.4 is 10.2 Å². The number of amides is 2. The number of carbonyl (C=O) groups excluding carboxylic acids is 3. The number of para-hydroxylation sites is 3. The lowest BCUT2D eigenvalue weighted by atomic mass is 10.2. The van der Waals surface area contributed by atoms with Crippen molar-refractivity contribution in [3.05, 3.63) is 71.2 Å². The molecule has 0 bridgehead atoms. The molecular formula is C26H24N4O4S. The Labute approximate surface area is 206 Å². The topological polar surface area (TPSA) is 93.5 Å². The van der Waals surface area contributed by atoms with Gasteiger partial charge < -0.3 is 15.0 Å². The summed E-state index contributed by atoms with van der Waals surface area (Å²) in [7, 11) is 0. The van der Waals surface area contributed by atoms with Crippen molar-refractivity contribution in [3.63, 3.8) is 0 Å². The molecule has 5 rings (SSSR count). The van der Waals surface area contributed by atoms with Gasteiger partial charge in [-0.2, -0.15) is 5.10 Å². The molecule has 1 saturated heterocycles. The zero-order chi connectivity index (χ0) is 24.5. The van der Waals surface area contributed by atoms with Crippen molar-refractivity contribution in [2.24, 2.45) is 0 Å². The Morgan fingerprint density at radius 1 is 1.11 bits per heavy atom. The normalized spacial score (nSPS) is 14.3. The third-order valence-electron chi connectivity index (χ3n) is 5.93. The van der Waals surface area contributed by atoms with Crippen LogP contribution in [0.3, 0.4) is 0 Å². The number of nitrogens with zero attached hydrogens (tertiary/aromatic N) is 3. The van der Waals surface area contributed by atoms with Crippen LogP contribution in [0, 0.1) is 6.92 Å². The van der Waals surface area contributed by atoms with Crippen molar-refractivity contribution >= 4 is 50.7 Å². The van der Waals surface area contributed by atoms with E-state index in [0.29, 0.717) is 29.2 Å². The standard InChI is InChI=1S/C26H24N4O4S/c1-16-19-15-22(35-25(19)30(28-16)18-9-4-3-5-10-18)26(33)34-17(2)24(32)27-20-11-6-7-12-21(20)29-14-8-13-23(29)31/h3-7,9-12,15,17H,8,13-14H2,1-2H3,(H,27,32). The number of aryl methyl sites for hydroxylation is 1. The summed E-state index contributed by atoms with van der Waals surface area (Å²) in [6.07, 6.45) is 0.250. The van der Waals surface area contributed by atoms with Gasteiger partial charge in [0, 0.05) is 18.4 Å². The first-order chi connectivity index (χ1) is 16.9. The summed E-state index contributed by atoms with van der Waals surface area (Å²) in [5.41, 5.74) is 2.86. The number of thiophene rings is 1.